The second-order valence-corrected chi connectivity index (χ2v) is 8.12. The molecule has 0 spiro atoms. The molecule has 33 heavy (non-hydrogen) atoms. The van der Waals surface area contributed by atoms with E-state index in [-0.39, 0.29) is 11.9 Å². The van der Waals surface area contributed by atoms with Gasteiger partial charge in [-0.3, -0.25) is 4.79 Å². The van der Waals surface area contributed by atoms with Gasteiger partial charge in [-0.25, -0.2) is 9.67 Å². The number of hydrogen-bond donors (Lipinski definition) is 2. The molecular weight excluding hydrogens is 416 g/mol. The van der Waals surface area contributed by atoms with Crippen molar-refractivity contribution in [3.05, 3.63) is 72.8 Å². The number of aliphatic imine (C=N–C) groups is 1. The molecule has 3 aromatic rings. The van der Waals surface area contributed by atoms with Crippen LogP contribution >= 0.6 is 0 Å². The standard InChI is InChI=1S/C25H26N6O2/c1-2-21(32)30-14-6-7-18(15-30)31-25-22(24(26)27-16-28-25)23(29-31)17-10-12-20(13-11-17)33-19-8-4-3-5-9-19/h2-5,8-13,18,28H,1,6-7,14-16H2,(H2,26,27). The number of nitrogens with two attached hydrogens (primary N) is 1. The van der Waals surface area contributed by atoms with Gasteiger partial charge in [-0.1, -0.05) is 24.8 Å². The lowest BCUT2D eigenvalue weighted by Gasteiger charge is -2.33. The van der Waals surface area contributed by atoms with Crippen LogP contribution in [0.5, 0.6) is 11.5 Å². The number of piperidine rings is 1. The topological polar surface area (TPSA) is 97.8 Å². The highest BCUT2D eigenvalue weighted by atomic mass is 16.5. The van der Waals surface area contributed by atoms with Crippen molar-refractivity contribution >= 4 is 17.6 Å². The number of anilines is 1. The number of ether oxygens (including phenoxy) is 1. The number of amides is 1. The molecule has 0 saturated carbocycles. The lowest BCUT2D eigenvalue weighted by molar-refractivity contribution is -0.127. The average molecular weight is 443 g/mol. The van der Waals surface area contributed by atoms with Crippen LogP contribution in [-0.2, 0) is 4.79 Å². The van der Waals surface area contributed by atoms with E-state index in [1.54, 1.807) is 0 Å². The van der Waals surface area contributed by atoms with Crippen LogP contribution in [0.2, 0.25) is 0 Å². The Hall–Kier alpha value is -4.07. The quantitative estimate of drug-likeness (QED) is 0.586. The van der Waals surface area contributed by atoms with E-state index >= 15 is 0 Å². The van der Waals surface area contributed by atoms with Crippen LogP contribution in [0.4, 0.5) is 5.82 Å². The van der Waals surface area contributed by atoms with E-state index < -0.39 is 0 Å². The summed E-state index contributed by atoms with van der Waals surface area (Å²) in [6.07, 6.45) is 3.20. The van der Waals surface area contributed by atoms with Gasteiger partial charge >= 0.3 is 0 Å². The molecule has 3 N–H and O–H groups in total. The Kier molecular flexibility index (Phi) is 5.56. The van der Waals surface area contributed by atoms with Crippen LogP contribution in [0.25, 0.3) is 11.3 Å². The summed E-state index contributed by atoms with van der Waals surface area (Å²) in [5, 5.41) is 8.29. The monoisotopic (exact) mass is 442 g/mol. The number of rotatable bonds is 5. The number of carbonyl (C=O) groups is 1. The van der Waals surface area contributed by atoms with Crippen molar-refractivity contribution in [1.82, 2.24) is 14.7 Å². The molecule has 1 amide bonds. The highest BCUT2D eigenvalue weighted by molar-refractivity contribution is 6.08. The summed E-state index contributed by atoms with van der Waals surface area (Å²) in [6, 6.07) is 17.5. The molecule has 2 aliphatic heterocycles. The Balaban J connectivity index is 1.47. The van der Waals surface area contributed by atoms with Crippen molar-refractivity contribution in [2.75, 3.05) is 25.1 Å². The molecule has 1 unspecified atom stereocenters. The number of fused-ring (bicyclic) bond motifs is 1. The molecule has 2 aliphatic rings. The van der Waals surface area contributed by atoms with Crippen molar-refractivity contribution in [1.29, 1.82) is 0 Å². The van der Waals surface area contributed by atoms with Crippen LogP contribution in [0.1, 0.15) is 24.4 Å². The van der Waals surface area contributed by atoms with Gasteiger partial charge in [0.1, 0.15) is 35.5 Å². The Morgan fingerprint density at radius 3 is 2.67 bits per heavy atom. The number of para-hydroxylation sites is 1. The molecule has 8 heteroatoms. The summed E-state index contributed by atoms with van der Waals surface area (Å²) in [5.74, 6) is 2.78. The van der Waals surface area contributed by atoms with Crippen molar-refractivity contribution in [3.8, 4) is 22.8 Å². The van der Waals surface area contributed by atoms with Crippen LogP contribution in [0.3, 0.4) is 0 Å². The SMILES string of the molecule is C=CC(=O)N1CCCC(n2nc(-c3ccc(Oc4ccccc4)cc3)c3c2NCN=C3N)C1. The molecule has 1 atom stereocenters. The molecule has 1 saturated heterocycles. The Labute approximate surface area is 192 Å². The predicted molar refractivity (Wildman–Crippen MR) is 128 cm³/mol. The maximum atomic E-state index is 12.2. The molecule has 2 aromatic carbocycles. The minimum Gasteiger partial charge on any atom is -0.457 e. The minimum atomic E-state index is -0.0519. The summed E-state index contributed by atoms with van der Waals surface area (Å²) in [5.41, 5.74) is 8.79. The second kappa shape index (κ2) is 8.82. The Bertz CT molecular complexity index is 1200. The zero-order chi connectivity index (χ0) is 22.8. The van der Waals surface area contributed by atoms with E-state index in [2.05, 4.69) is 16.9 Å². The Morgan fingerprint density at radius 1 is 1.15 bits per heavy atom. The van der Waals surface area contributed by atoms with E-state index in [1.807, 2.05) is 64.2 Å². The number of nitrogens with one attached hydrogen (secondary N) is 1. The second-order valence-electron chi connectivity index (χ2n) is 8.12. The van der Waals surface area contributed by atoms with E-state index in [0.717, 1.165) is 53.5 Å². The smallest absolute Gasteiger partial charge is 0.246 e. The first-order valence-electron chi connectivity index (χ1n) is 11.1. The first-order chi connectivity index (χ1) is 16.1. The van der Waals surface area contributed by atoms with Gasteiger partial charge in [0.15, 0.2) is 0 Å². The van der Waals surface area contributed by atoms with E-state index in [0.29, 0.717) is 19.0 Å². The minimum absolute atomic E-state index is 0.0456. The molecule has 1 aromatic heterocycles. The molecule has 0 radical (unpaired) electrons. The normalized spacial score (nSPS) is 17.5. The first kappa shape index (κ1) is 20.8. The molecule has 3 heterocycles. The third-order valence-corrected chi connectivity index (χ3v) is 6.00. The molecule has 1 fully saturated rings. The summed E-state index contributed by atoms with van der Waals surface area (Å²) in [4.78, 5) is 18.4. The maximum absolute atomic E-state index is 12.2. The fourth-order valence-electron chi connectivity index (χ4n) is 4.38. The van der Waals surface area contributed by atoms with E-state index in [1.165, 1.54) is 6.08 Å². The van der Waals surface area contributed by atoms with Crippen LogP contribution in [0, 0.1) is 0 Å². The van der Waals surface area contributed by atoms with Gasteiger partial charge in [0.2, 0.25) is 5.91 Å². The summed E-state index contributed by atoms with van der Waals surface area (Å²) in [7, 11) is 0. The number of carbonyl (C=O) groups excluding carboxylic acids is 1. The van der Waals surface area contributed by atoms with Crippen LogP contribution in [0.15, 0.2) is 72.2 Å². The Morgan fingerprint density at radius 2 is 1.91 bits per heavy atom. The van der Waals surface area contributed by atoms with Gasteiger partial charge < -0.3 is 20.7 Å². The highest BCUT2D eigenvalue weighted by Crippen LogP contribution is 2.35. The molecule has 5 rings (SSSR count). The van der Waals surface area contributed by atoms with Crippen molar-refractivity contribution in [2.45, 2.75) is 18.9 Å². The van der Waals surface area contributed by atoms with Gasteiger partial charge in [-0.15, -0.1) is 0 Å². The van der Waals surface area contributed by atoms with Gasteiger partial charge in [-0.05, 0) is 55.3 Å². The number of aromatic nitrogens is 2. The molecule has 0 aliphatic carbocycles. The van der Waals surface area contributed by atoms with Gasteiger partial charge in [0.25, 0.3) is 0 Å². The zero-order valence-corrected chi connectivity index (χ0v) is 18.3. The number of hydrogen-bond acceptors (Lipinski definition) is 6. The maximum Gasteiger partial charge on any atom is 0.246 e. The first-order valence-corrected chi connectivity index (χ1v) is 11.1. The van der Waals surface area contributed by atoms with Gasteiger partial charge in [0, 0.05) is 18.7 Å². The summed E-state index contributed by atoms with van der Waals surface area (Å²) in [6.45, 7) is 5.34. The molecular formula is C25H26N6O2. The van der Waals surface area contributed by atoms with Gasteiger partial charge in [-0.2, -0.15) is 5.10 Å². The fourth-order valence-corrected chi connectivity index (χ4v) is 4.38. The van der Waals surface area contributed by atoms with Crippen molar-refractivity contribution in [3.63, 3.8) is 0 Å². The van der Waals surface area contributed by atoms with Crippen molar-refractivity contribution in [2.24, 2.45) is 10.7 Å². The number of nitrogens with zero attached hydrogens (tertiary/aromatic N) is 4. The van der Waals surface area contributed by atoms with Gasteiger partial charge in [0.05, 0.1) is 11.6 Å². The number of amidine groups is 1. The number of likely N-dealkylation sites (tertiary alicyclic amines) is 1. The van der Waals surface area contributed by atoms with Crippen molar-refractivity contribution < 1.29 is 9.53 Å². The van der Waals surface area contributed by atoms with E-state index in [4.69, 9.17) is 15.6 Å². The third kappa shape index (κ3) is 4.07. The average Bonchev–Trinajstić information content (AvgIpc) is 3.26. The zero-order valence-electron chi connectivity index (χ0n) is 18.3. The van der Waals surface area contributed by atoms with Crippen LogP contribution in [-0.4, -0.2) is 46.2 Å². The lowest BCUT2D eigenvalue weighted by atomic mass is 10.0. The number of benzene rings is 2. The lowest BCUT2D eigenvalue weighted by Crippen LogP contribution is -2.40. The summed E-state index contributed by atoms with van der Waals surface area (Å²) < 4.78 is 7.89. The highest BCUT2D eigenvalue weighted by Gasteiger charge is 2.31. The fraction of sp³-hybridized carbons (Fsp3) is 0.240. The molecule has 8 nitrogen and oxygen atoms in total. The largest absolute Gasteiger partial charge is 0.457 e. The summed E-state index contributed by atoms with van der Waals surface area (Å²) >= 11 is 0. The van der Waals surface area contributed by atoms with Crippen LogP contribution < -0.4 is 15.8 Å². The molecule has 0 bridgehead atoms. The predicted octanol–water partition coefficient (Wildman–Crippen LogP) is 3.78. The molecule has 168 valence electrons. The van der Waals surface area contributed by atoms with E-state index in [9.17, 15) is 4.79 Å². The third-order valence-electron chi connectivity index (χ3n) is 6.00.